The van der Waals surface area contributed by atoms with Crippen molar-refractivity contribution in [1.82, 2.24) is 15.2 Å². The Morgan fingerprint density at radius 3 is 2.78 bits per heavy atom. The predicted molar refractivity (Wildman–Crippen MR) is 102 cm³/mol. The zero-order valence-corrected chi connectivity index (χ0v) is 15.8. The van der Waals surface area contributed by atoms with Gasteiger partial charge in [-0.05, 0) is 43.5 Å². The molecule has 1 aromatic heterocycles. The van der Waals surface area contributed by atoms with Gasteiger partial charge in [-0.3, -0.25) is 9.59 Å². The van der Waals surface area contributed by atoms with E-state index in [1.165, 1.54) is 0 Å². The van der Waals surface area contributed by atoms with Crippen LogP contribution in [0.1, 0.15) is 34.3 Å². The molecule has 0 unspecified atom stereocenters. The summed E-state index contributed by atoms with van der Waals surface area (Å²) in [6.45, 7) is 3.56. The molecule has 3 rings (SSSR count). The maximum Gasteiger partial charge on any atom is 0.253 e. The van der Waals surface area contributed by atoms with Crippen LogP contribution in [-0.2, 0) is 11.3 Å². The van der Waals surface area contributed by atoms with Gasteiger partial charge in [0.1, 0.15) is 0 Å². The Bertz CT molecular complexity index is 805. The minimum Gasteiger partial charge on any atom is -0.481 e. The van der Waals surface area contributed by atoms with E-state index in [1.807, 2.05) is 37.3 Å². The van der Waals surface area contributed by atoms with E-state index in [0.29, 0.717) is 31.1 Å². The highest BCUT2D eigenvalue weighted by Gasteiger charge is 2.28. The quantitative estimate of drug-likeness (QED) is 0.882. The molecule has 2 heterocycles. The molecule has 1 saturated heterocycles. The summed E-state index contributed by atoms with van der Waals surface area (Å²) < 4.78 is 5.10. The normalized spacial score (nSPS) is 16.7. The number of benzene rings is 1. The highest BCUT2D eigenvalue weighted by molar-refractivity contribution is 5.94. The van der Waals surface area contributed by atoms with Gasteiger partial charge in [0.2, 0.25) is 11.8 Å². The topological polar surface area (TPSA) is 71.5 Å². The molecule has 2 amide bonds. The molecule has 6 heteroatoms. The molecule has 2 aromatic rings. The maximum atomic E-state index is 12.7. The van der Waals surface area contributed by atoms with Gasteiger partial charge < -0.3 is 15.0 Å². The van der Waals surface area contributed by atoms with Crippen molar-refractivity contribution >= 4 is 11.8 Å². The van der Waals surface area contributed by atoms with Crippen molar-refractivity contribution in [3.05, 3.63) is 59.3 Å². The summed E-state index contributed by atoms with van der Waals surface area (Å²) in [5.41, 5.74) is 2.72. The Morgan fingerprint density at radius 2 is 2.04 bits per heavy atom. The van der Waals surface area contributed by atoms with Gasteiger partial charge in [-0.25, -0.2) is 4.98 Å². The fraction of sp³-hybridized carbons (Fsp3) is 0.381. The minimum absolute atomic E-state index is 0.00799. The number of carbonyl (C=O) groups excluding carboxylic acids is 2. The summed E-state index contributed by atoms with van der Waals surface area (Å²) in [4.78, 5) is 31.1. The molecule has 1 aliphatic heterocycles. The molecule has 27 heavy (non-hydrogen) atoms. The van der Waals surface area contributed by atoms with Crippen molar-refractivity contribution < 1.29 is 14.3 Å². The van der Waals surface area contributed by atoms with Crippen LogP contribution in [0, 0.1) is 12.8 Å². The van der Waals surface area contributed by atoms with E-state index in [0.717, 1.165) is 24.0 Å². The first-order chi connectivity index (χ1) is 13.1. The molecule has 0 saturated carbocycles. The monoisotopic (exact) mass is 367 g/mol. The number of nitrogens with one attached hydrogen (secondary N) is 1. The number of aromatic nitrogens is 1. The van der Waals surface area contributed by atoms with Crippen LogP contribution in [0.5, 0.6) is 5.88 Å². The molecule has 1 aliphatic rings. The Balaban J connectivity index is 1.57. The van der Waals surface area contributed by atoms with Crippen molar-refractivity contribution in [3.8, 4) is 5.88 Å². The number of carbonyl (C=O) groups is 2. The molecule has 1 atom stereocenters. The number of hydrogen-bond donors (Lipinski definition) is 1. The lowest BCUT2D eigenvalue weighted by molar-refractivity contribution is -0.126. The van der Waals surface area contributed by atoms with E-state index in [4.69, 9.17) is 4.74 Å². The van der Waals surface area contributed by atoms with Crippen molar-refractivity contribution in [2.24, 2.45) is 5.92 Å². The predicted octanol–water partition coefficient (Wildman–Crippen LogP) is 2.57. The Labute approximate surface area is 159 Å². The van der Waals surface area contributed by atoms with E-state index >= 15 is 0 Å². The number of ether oxygens (including phenoxy) is 1. The Morgan fingerprint density at radius 1 is 1.26 bits per heavy atom. The molecule has 0 spiro atoms. The largest absolute Gasteiger partial charge is 0.481 e. The average Bonchev–Trinajstić information content (AvgIpc) is 2.72. The van der Waals surface area contributed by atoms with Crippen LogP contribution in [0.3, 0.4) is 0 Å². The first-order valence-electron chi connectivity index (χ1n) is 9.19. The van der Waals surface area contributed by atoms with Gasteiger partial charge in [0.15, 0.2) is 0 Å². The number of aryl methyl sites for hydroxylation is 1. The highest BCUT2D eigenvalue weighted by atomic mass is 16.5. The molecule has 1 N–H and O–H groups in total. The second-order valence-corrected chi connectivity index (χ2v) is 6.88. The van der Waals surface area contributed by atoms with Gasteiger partial charge in [-0.15, -0.1) is 0 Å². The minimum atomic E-state index is -0.183. The third kappa shape index (κ3) is 4.84. The standard InChI is InChI=1S/C21H25N3O3/c1-15-5-7-17(8-6-15)21(26)24-11-3-4-18(14-24)20(25)23-13-16-9-10-22-19(12-16)27-2/h5-10,12,18H,3-4,11,13-14H2,1-2H3,(H,23,25)/t18-/m1/s1. The molecule has 0 bridgehead atoms. The maximum absolute atomic E-state index is 12.7. The number of nitrogens with zero attached hydrogens (tertiary/aromatic N) is 2. The number of rotatable bonds is 5. The van der Waals surface area contributed by atoms with Gasteiger partial charge in [0, 0.05) is 37.5 Å². The van der Waals surface area contributed by atoms with E-state index in [-0.39, 0.29) is 17.7 Å². The van der Waals surface area contributed by atoms with E-state index in [9.17, 15) is 9.59 Å². The average molecular weight is 367 g/mol. The van der Waals surface area contributed by atoms with Crippen molar-refractivity contribution in [3.63, 3.8) is 0 Å². The summed E-state index contributed by atoms with van der Waals surface area (Å²) in [6, 6.07) is 11.2. The van der Waals surface area contributed by atoms with Crippen LogP contribution >= 0.6 is 0 Å². The smallest absolute Gasteiger partial charge is 0.253 e. The fourth-order valence-corrected chi connectivity index (χ4v) is 3.26. The summed E-state index contributed by atoms with van der Waals surface area (Å²) in [5.74, 6) is 0.310. The molecule has 6 nitrogen and oxygen atoms in total. The zero-order chi connectivity index (χ0) is 19.2. The summed E-state index contributed by atoms with van der Waals surface area (Å²) in [5, 5.41) is 2.97. The first-order valence-corrected chi connectivity index (χ1v) is 9.19. The zero-order valence-electron chi connectivity index (χ0n) is 15.8. The molecule has 1 aromatic carbocycles. The first kappa shape index (κ1) is 18.9. The van der Waals surface area contributed by atoms with Crippen LogP contribution in [0.15, 0.2) is 42.6 Å². The molecular formula is C21H25N3O3. The van der Waals surface area contributed by atoms with Crippen LogP contribution in [-0.4, -0.2) is 41.9 Å². The SMILES string of the molecule is COc1cc(CNC(=O)[C@@H]2CCCN(C(=O)c3ccc(C)cc3)C2)ccn1. The lowest BCUT2D eigenvalue weighted by Crippen LogP contribution is -2.45. The van der Waals surface area contributed by atoms with Crippen LogP contribution in [0.4, 0.5) is 0 Å². The van der Waals surface area contributed by atoms with Gasteiger partial charge in [-0.2, -0.15) is 0 Å². The third-order valence-corrected chi connectivity index (χ3v) is 4.85. The summed E-state index contributed by atoms with van der Waals surface area (Å²) in [7, 11) is 1.56. The molecule has 0 aliphatic carbocycles. The molecular weight excluding hydrogens is 342 g/mol. The second kappa shape index (κ2) is 8.66. The van der Waals surface area contributed by atoms with Crippen molar-refractivity contribution in [2.45, 2.75) is 26.3 Å². The van der Waals surface area contributed by atoms with Gasteiger partial charge in [0.05, 0.1) is 13.0 Å². The van der Waals surface area contributed by atoms with Crippen LogP contribution < -0.4 is 10.1 Å². The number of piperidine rings is 1. The van der Waals surface area contributed by atoms with Crippen LogP contribution in [0.25, 0.3) is 0 Å². The van der Waals surface area contributed by atoms with Crippen molar-refractivity contribution in [2.75, 3.05) is 20.2 Å². The van der Waals surface area contributed by atoms with Crippen molar-refractivity contribution in [1.29, 1.82) is 0 Å². The van der Waals surface area contributed by atoms with Gasteiger partial charge in [-0.1, -0.05) is 17.7 Å². The number of amides is 2. The lowest BCUT2D eigenvalue weighted by Gasteiger charge is -2.32. The third-order valence-electron chi connectivity index (χ3n) is 4.85. The fourth-order valence-electron chi connectivity index (χ4n) is 3.26. The van der Waals surface area contributed by atoms with E-state index in [2.05, 4.69) is 10.3 Å². The van der Waals surface area contributed by atoms with E-state index < -0.39 is 0 Å². The Hall–Kier alpha value is -2.89. The number of methoxy groups -OCH3 is 1. The van der Waals surface area contributed by atoms with E-state index in [1.54, 1.807) is 24.3 Å². The van der Waals surface area contributed by atoms with Gasteiger partial charge >= 0.3 is 0 Å². The second-order valence-electron chi connectivity index (χ2n) is 6.88. The summed E-state index contributed by atoms with van der Waals surface area (Å²) in [6.07, 6.45) is 3.28. The summed E-state index contributed by atoms with van der Waals surface area (Å²) >= 11 is 0. The van der Waals surface area contributed by atoms with Gasteiger partial charge in [0.25, 0.3) is 5.91 Å². The number of likely N-dealkylation sites (tertiary alicyclic amines) is 1. The highest BCUT2D eigenvalue weighted by Crippen LogP contribution is 2.19. The van der Waals surface area contributed by atoms with Crippen LogP contribution in [0.2, 0.25) is 0 Å². The number of hydrogen-bond acceptors (Lipinski definition) is 4. The molecule has 1 fully saturated rings. The molecule has 142 valence electrons. The Kier molecular flexibility index (Phi) is 6.06. The molecule has 0 radical (unpaired) electrons. The number of pyridine rings is 1. The lowest BCUT2D eigenvalue weighted by atomic mass is 9.96.